The fourth-order valence-corrected chi connectivity index (χ4v) is 3.55. The maximum atomic E-state index is 12.9. The minimum Gasteiger partial charge on any atom is -0.497 e. The topological polar surface area (TPSA) is 63.5 Å². The molecule has 0 bridgehead atoms. The number of nitrogens with zero attached hydrogens (tertiary/aromatic N) is 5. The number of rotatable bonds is 5. The molecule has 0 radical (unpaired) electrons. The van der Waals surface area contributed by atoms with Crippen molar-refractivity contribution in [3.05, 3.63) is 72.1 Å². The van der Waals surface area contributed by atoms with Crippen molar-refractivity contribution in [3.63, 3.8) is 0 Å². The van der Waals surface area contributed by atoms with Crippen LogP contribution < -0.4 is 4.74 Å². The van der Waals surface area contributed by atoms with Crippen LogP contribution in [0.5, 0.6) is 5.75 Å². The van der Waals surface area contributed by atoms with Crippen LogP contribution >= 0.6 is 0 Å². The summed E-state index contributed by atoms with van der Waals surface area (Å²) in [7, 11) is 1.67. The maximum absolute atomic E-state index is 12.9. The summed E-state index contributed by atoms with van der Waals surface area (Å²) >= 11 is 0. The number of ether oxygens (including phenoxy) is 1. The molecule has 1 aliphatic rings. The quantitative estimate of drug-likeness (QED) is 0.669. The average Bonchev–Trinajstić information content (AvgIpc) is 3.15. The molecule has 1 fully saturated rings. The first-order chi connectivity index (χ1) is 14.2. The Balaban J connectivity index is 1.36. The fourth-order valence-electron chi connectivity index (χ4n) is 3.55. The second kappa shape index (κ2) is 8.87. The van der Waals surface area contributed by atoms with Gasteiger partial charge in [-0.05, 0) is 36.2 Å². The summed E-state index contributed by atoms with van der Waals surface area (Å²) in [5.74, 6) is 0.809. The van der Waals surface area contributed by atoms with Crippen molar-refractivity contribution in [1.82, 2.24) is 24.8 Å². The van der Waals surface area contributed by atoms with Gasteiger partial charge in [0.05, 0.1) is 19.0 Å². The molecule has 0 aliphatic carbocycles. The Morgan fingerprint density at radius 1 is 1.00 bits per heavy atom. The normalized spacial score (nSPS) is 15.1. The van der Waals surface area contributed by atoms with Crippen LogP contribution in [0.1, 0.15) is 22.5 Å². The standard InChI is InChI=1S/C22H25N5O2/c1-29-20-10-8-18(9-11-20)16-25-12-5-13-26(15-14-25)22(28)21-17-27(24-23-21)19-6-3-2-4-7-19/h2-4,6-11,17H,5,12-16H2,1H3. The minimum atomic E-state index is -0.0570. The number of amides is 1. The van der Waals surface area contributed by atoms with Gasteiger partial charge in [0, 0.05) is 32.7 Å². The molecule has 150 valence electrons. The maximum Gasteiger partial charge on any atom is 0.276 e. The van der Waals surface area contributed by atoms with Crippen LogP contribution in [-0.2, 0) is 6.54 Å². The average molecular weight is 391 g/mol. The monoisotopic (exact) mass is 391 g/mol. The van der Waals surface area contributed by atoms with Gasteiger partial charge < -0.3 is 9.64 Å². The molecule has 0 saturated carbocycles. The van der Waals surface area contributed by atoms with Gasteiger partial charge in [-0.1, -0.05) is 35.5 Å². The van der Waals surface area contributed by atoms with E-state index in [-0.39, 0.29) is 5.91 Å². The number of aromatic nitrogens is 3. The van der Waals surface area contributed by atoms with Crippen LogP contribution in [-0.4, -0.2) is 64.0 Å². The molecule has 4 rings (SSSR count). The predicted octanol–water partition coefficient (Wildman–Crippen LogP) is 2.62. The molecule has 7 heteroatoms. The van der Waals surface area contributed by atoms with Crippen LogP contribution in [0.2, 0.25) is 0 Å². The second-order valence-electron chi connectivity index (χ2n) is 7.15. The summed E-state index contributed by atoms with van der Waals surface area (Å²) in [6.07, 6.45) is 2.65. The zero-order valence-corrected chi connectivity index (χ0v) is 16.6. The van der Waals surface area contributed by atoms with E-state index in [2.05, 4.69) is 27.3 Å². The largest absolute Gasteiger partial charge is 0.497 e. The lowest BCUT2D eigenvalue weighted by Crippen LogP contribution is -2.35. The third kappa shape index (κ3) is 4.63. The van der Waals surface area contributed by atoms with Crippen molar-refractivity contribution in [2.75, 3.05) is 33.3 Å². The Morgan fingerprint density at radius 2 is 1.79 bits per heavy atom. The summed E-state index contributed by atoms with van der Waals surface area (Å²) in [5.41, 5.74) is 2.52. The molecular formula is C22H25N5O2. The number of hydrogen-bond acceptors (Lipinski definition) is 5. The Hall–Kier alpha value is -3.19. The van der Waals surface area contributed by atoms with Crippen LogP contribution in [0.3, 0.4) is 0 Å². The molecule has 0 spiro atoms. The van der Waals surface area contributed by atoms with Gasteiger partial charge in [-0.2, -0.15) is 0 Å². The highest BCUT2D eigenvalue weighted by Crippen LogP contribution is 2.15. The number of benzene rings is 2. The fraction of sp³-hybridized carbons (Fsp3) is 0.318. The summed E-state index contributed by atoms with van der Waals surface area (Å²) in [6, 6.07) is 17.8. The second-order valence-corrected chi connectivity index (χ2v) is 7.15. The molecule has 1 aliphatic heterocycles. The summed E-state index contributed by atoms with van der Waals surface area (Å²) < 4.78 is 6.86. The van der Waals surface area contributed by atoms with E-state index >= 15 is 0 Å². The highest BCUT2D eigenvalue weighted by molar-refractivity contribution is 5.92. The first kappa shape index (κ1) is 19.1. The summed E-state index contributed by atoms with van der Waals surface area (Å²) in [4.78, 5) is 17.2. The first-order valence-corrected chi connectivity index (χ1v) is 9.85. The van der Waals surface area contributed by atoms with Crippen LogP contribution in [0.4, 0.5) is 0 Å². The van der Waals surface area contributed by atoms with E-state index in [1.54, 1.807) is 18.0 Å². The lowest BCUT2D eigenvalue weighted by atomic mass is 10.2. The number of hydrogen-bond donors (Lipinski definition) is 0. The first-order valence-electron chi connectivity index (χ1n) is 9.85. The molecule has 0 unspecified atom stereocenters. The van der Waals surface area contributed by atoms with Crippen molar-refractivity contribution in [2.45, 2.75) is 13.0 Å². The molecule has 2 heterocycles. The lowest BCUT2D eigenvalue weighted by Gasteiger charge is -2.21. The number of para-hydroxylation sites is 1. The van der Waals surface area contributed by atoms with E-state index in [0.717, 1.165) is 44.0 Å². The van der Waals surface area contributed by atoms with E-state index in [1.807, 2.05) is 47.4 Å². The van der Waals surface area contributed by atoms with Gasteiger partial charge in [0.15, 0.2) is 5.69 Å². The van der Waals surface area contributed by atoms with Gasteiger partial charge in [-0.25, -0.2) is 4.68 Å². The van der Waals surface area contributed by atoms with Gasteiger partial charge in [-0.15, -0.1) is 5.10 Å². The van der Waals surface area contributed by atoms with Crippen LogP contribution in [0.25, 0.3) is 5.69 Å². The molecule has 0 N–H and O–H groups in total. The van der Waals surface area contributed by atoms with Crippen molar-refractivity contribution < 1.29 is 9.53 Å². The van der Waals surface area contributed by atoms with Crippen LogP contribution in [0.15, 0.2) is 60.8 Å². The number of carbonyl (C=O) groups is 1. The van der Waals surface area contributed by atoms with E-state index in [1.165, 1.54) is 5.56 Å². The number of carbonyl (C=O) groups excluding carboxylic acids is 1. The van der Waals surface area contributed by atoms with E-state index in [9.17, 15) is 4.79 Å². The minimum absolute atomic E-state index is 0.0570. The third-order valence-corrected chi connectivity index (χ3v) is 5.17. The molecular weight excluding hydrogens is 366 g/mol. The Labute approximate surface area is 170 Å². The van der Waals surface area contributed by atoms with E-state index in [0.29, 0.717) is 12.2 Å². The zero-order valence-electron chi connectivity index (χ0n) is 16.6. The highest BCUT2D eigenvalue weighted by Gasteiger charge is 2.22. The van der Waals surface area contributed by atoms with Crippen molar-refractivity contribution in [1.29, 1.82) is 0 Å². The third-order valence-electron chi connectivity index (χ3n) is 5.17. The molecule has 1 aromatic heterocycles. The molecule has 7 nitrogen and oxygen atoms in total. The molecule has 3 aromatic rings. The van der Waals surface area contributed by atoms with Gasteiger partial charge in [0.25, 0.3) is 5.91 Å². The lowest BCUT2D eigenvalue weighted by molar-refractivity contribution is 0.0755. The van der Waals surface area contributed by atoms with E-state index < -0.39 is 0 Å². The van der Waals surface area contributed by atoms with Crippen molar-refractivity contribution >= 4 is 5.91 Å². The Kier molecular flexibility index (Phi) is 5.86. The summed E-state index contributed by atoms with van der Waals surface area (Å²) in [5, 5.41) is 8.21. The molecule has 1 amide bonds. The predicted molar refractivity (Wildman–Crippen MR) is 110 cm³/mol. The molecule has 0 atom stereocenters. The smallest absolute Gasteiger partial charge is 0.276 e. The van der Waals surface area contributed by atoms with Gasteiger partial charge in [0.2, 0.25) is 0 Å². The SMILES string of the molecule is COc1ccc(CN2CCCN(C(=O)c3cn(-c4ccccc4)nn3)CC2)cc1. The van der Waals surface area contributed by atoms with Crippen molar-refractivity contribution in [2.24, 2.45) is 0 Å². The van der Waals surface area contributed by atoms with Crippen molar-refractivity contribution in [3.8, 4) is 11.4 Å². The zero-order chi connectivity index (χ0) is 20.1. The Bertz CT molecular complexity index is 939. The van der Waals surface area contributed by atoms with Crippen LogP contribution in [0, 0.1) is 0 Å². The molecule has 1 saturated heterocycles. The highest BCUT2D eigenvalue weighted by atomic mass is 16.5. The Morgan fingerprint density at radius 3 is 2.55 bits per heavy atom. The van der Waals surface area contributed by atoms with Gasteiger partial charge >= 0.3 is 0 Å². The number of methoxy groups -OCH3 is 1. The summed E-state index contributed by atoms with van der Waals surface area (Å²) in [6.45, 7) is 4.09. The molecule has 29 heavy (non-hydrogen) atoms. The van der Waals surface area contributed by atoms with Gasteiger partial charge in [0.1, 0.15) is 5.75 Å². The van der Waals surface area contributed by atoms with E-state index in [4.69, 9.17) is 4.74 Å². The van der Waals surface area contributed by atoms with Gasteiger partial charge in [-0.3, -0.25) is 9.69 Å². The molecule has 2 aromatic carbocycles.